The first kappa shape index (κ1) is 21.8. The van der Waals surface area contributed by atoms with Crippen molar-refractivity contribution >= 4 is 64.3 Å². The van der Waals surface area contributed by atoms with Crippen molar-refractivity contribution in [2.24, 2.45) is 0 Å². The normalized spacial score (nSPS) is 7.40. The summed E-state index contributed by atoms with van der Waals surface area (Å²) in [4.78, 5) is 8.89. The van der Waals surface area contributed by atoms with E-state index in [1.165, 1.54) is 0 Å². The van der Waals surface area contributed by atoms with E-state index in [1.54, 1.807) is 0 Å². The van der Waals surface area contributed by atoms with Gasteiger partial charge in [-0.2, -0.15) is 0 Å². The van der Waals surface area contributed by atoms with Crippen LogP contribution in [0.1, 0.15) is 6.92 Å². The van der Waals surface area contributed by atoms with E-state index in [-0.39, 0.29) is 51.4 Å². The Balaban J connectivity index is -0.000000249. The second kappa shape index (κ2) is 15.6. The van der Waals surface area contributed by atoms with Crippen molar-refractivity contribution in [2.75, 3.05) is 13.1 Å². The summed E-state index contributed by atoms with van der Waals surface area (Å²) in [6.45, 7) is 2.39. The molecule has 0 unspecified atom stereocenters. The van der Waals surface area contributed by atoms with E-state index in [0.29, 0.717) is 21.7 Å². The molecule has 15 heavy (non-hydrogen) atoms. The zero-order valence-corrected chi connectivity index (χ0v) is 15.0. The van der Waals surface area contributed by atoms with Gasteiger partial charge in [0, 0.05) is 19.1 Å². The first-order valence-electron chi connectivity index (χ1n) is 3.47. The minimum atomic E-state index is -1.08. The summed E-state index contributed by atoms with van der Waals surface area (Å²) in [5.41, 5.74) is 0. The molecule has 0 aliphatic rings. The molecule has 0 saturated carbocycles. The number of carbonyl (C=O) groups is 1. The Bertz CT molecular complexity index is 195. The van der Waals surface area contributed by atoms with Crippen molar-refractivity contribution in [2.45, 2.75) is 6.92 Å². The molecule has 0 aromatic rings. The van der Waals surface area contributed by atoms with Gasteiger partial charge in [0.25, 0.3) is 0 Å². The Labute approximate surface area is 154 Å². The van der Waals surface area contributed by atoms with Crippen LogP contribution >= 0.6 is 49.7 Å². The van der Waals surface area contributed by atoms with Gasteiger partial charge in [-0.05, 0) is 6.92 Å². The SMILES string of the molecule is CC(=O)[O-].S=C(S)NCCNC(=S)S.[K+]. The number of carbonyl (C=O) groups excluding carboxylic acids is 1. The number of carboxylic acids is 1. The van der Waals surface area contributed by atoms with Gasteiger partial charge in [-0.3, -0.25) is 0 Å². The maximum absolute atomic E-state index is 8.89. The van der Waals surface area contributed by atoms with Gasteiger partial charge in [0.1, 0.15) is 8.64 Å². The van der Waals surface area contributed by atoms with E-state index in [4.69, 9.17) is 9.90 Å². The monoisotopic (exact) mass is 310 g/mol. The fourth-order valence-electron chi connectivity index (χ4n) is 0.339. The van der Waals surface area contributed by atoms with Crippen LogP contribution in [0.15, 0.2) is 0 Å². The molecule has 0 amide bonds. The van der Waals surface area contributed by atoms with Crippen LogP contribution in [0, 0.1) is 0 Å². The van der Waals surface area contributed by atoms with Crippen LogP contribution in [0.4, 0.5) is 0 Å². The number of nitrogens with one attached hydrogen (secondary N) is 2. The third kappa shape index (κ3) is 39.0. The number of carboxylic acid groups (broad SMARTS) is 1. The number of aliphatic carboxylic acids is 1. The van der Waals surface area contributed by atoms with Gasteiger partial charge in [0.05, 0.1) is 0 Å². The third-order valence-electron chi connectivity index (χ3n) is 0.677. The topological polar surface area (TPSA) is 64.2 Å². The number of thiocarbonyl (C=S) groups is 2. The van der Waals surface area contributed by atoms with E-state index < -0.39 is 5.97 Å². The fourth-order valence-corrected chi connectivity index (χ4v) is 0.767. The quantitative estimate of drug-likeness (QED) is 0.187. The summed E-state index contributed by atoms with van der Waals surface area (Å²) in [5.74, 6) is -1.08. The van der Waals surface area contributed by atoms with Crippen molar-refractivity contribution in [3.05, 3.63) is 0 Å². The largest absolute Gasteiger partial charge is 1.00 e. The molecule has 0 aromatic carbocycles. The minimum Gasteiger partial charge on any atom is -0.550 e. The molecule has 0 aliphatic heterocycles. The summed E-state index contributed by atoms with van der Waals surface area (Å²) >= 11 is 17.0. The Morgan fingerprint density at radius 1 is 1.20 bits per heavy atom. The molecule has 4 nitrogen and oxygen atoms in total. The van der Waals surface area contributed by atoms with E-state index in [0.717, 1.165) is 6.92 Å². The number of thiol groups is 2. The zero-order valence-electron chi connectivity index (χ0n) is 8.44. The van der Waals surface area contributed by atoms with Gasteiger partial charge in [0.15, 0.2) is 0 Å². The van der Waals surface area contributed by atoms with E-state index in [9.17, 15) is 0 Å². The molecular formula is C6H11KN2O2S4. The third-order valence-corrected chi connectivity index (χ3v) is 1.28. The zero-order chi connectivity index (χ0) is 11.6. The van der Waals surface area contributed by atoms with Gasteiger partial charge >= 0.3 is 51.4 Å². The molecule has 82 valence electrons. The summed E-state index contributed by atoms with van der Waals surface area (Å²) in [7, 11) is 0. The second-order valence-corrected chi connectivity index (χ2v) is 4.27. The fraction of sp³-hybridized carbons (Fsp3) is 0.500. The summed E-state index contributed by atoms with van der Waals surface area (Å²) in [6, 6.07) is 0. The number of hydrogen-bond donors (Lipinski definition) is 4. The predicted octanol–water partition coefficient (Wildman–Crippen LogP) is -3.64. The van der Waals surface area contributed by atoms with Crippen molar-refractivity contribution in [1.29, 1.82) is 0 Å². The summed E-state index contributed by atoms with van der Waals surface area (Å²) in [6.07, 6.45) is 0. The van der Waals surface area contributed by atoms with Gasteiger partial charge < -0.3 is 20.5 Å². The molecule has 0 aliphatic carbocycles. The Morgan fingerprint density at radius 2 is 1.40 bits per heavy atom. The molecule has 9 heteroatoms. The van der Waals surface area contributed by atoms with Crippen LogP contribution in [0.25, 0.3) is 0 Å². The second-order valence-electron chi connectivity index (χ2n) is 1.96. The van der Waals surface area contributed by atoms with E-state index in [1.807, 2.05) is 0 Å². The van der Waals surface area contributed by atoms with Gasteiger partial charge in [-0.1, -0.05) is 24.4 Å². The molecule has 0 saturated heterocycles. The predicted molar refractivity (Wildman–Crippen MR) is 69.9 cm³/mol. The molecule has 0 rings (SSSR count). The summed E-state index contributed by atoms with van der Waals surface area (Å²) in [5, 5.41) is 14.6. The molecule has 0 aromatic heterocycles. The first-order chi connectivity index (χ1) is 6.36. The van der Waals surface area contributed by atoms with Crippen molar-refractivity contribution < 1.29 is 61.3 Å². The smallest absolute Gasteiger partial charge is 0.550 e. The molecule has 0 radical (unpaired) electrons. The molecule has 0 fully saturated rings. The maximum Gasteiger partial charge on any atom is 1.00 e. The Hall–Kier alpha value is 1.59. The average molecular weight is 311 g/mol. The van der Waals surface area contributed by atoms with Crippen LogP contribution in [-0.4, -0.2) is 27.7 Å². The molecule has 0 spiro atoms. The van der Waals surface area contributed by atoms with Crippen LogP contribution in [0.2, 0.25) is 0 Å². The van der Waals surface area contributed by atoms with Crippen molar-refractivity contribution in [3.63, 3.8) is 0 Å². The molecular weight excluding hydrogens is 299 g/mol. The maximum atomic E-state index is 8.89. The van der Waals surface area contributed by atoms with Crippen LogP contribution in [0.5, 0.6) is 0 Å². The number of rotatable bonds is 3. The molecule has 2 N–H and O–H groups in total. The average Bonchev–Trinajstić information content (AvgIpc) is 1.96. The summed E-state index contributed by atoms with van der Waals surface area (Å²) < 4.78 is 0.985. The van der Waals surface area contributed by atoms with E-state index in [2.05, 4.69) is 60.3 Å². The standard InChI is InChI=1S/C4H8N2S4.C2H4O2.K/c7-3(8)5-1-2-6-4(9)10;1-2(3)4;/h1-2H2,(H2,5,7,8)(H2,6,9,10);1H3,(H,3,4);/q;;+1/p-1. The van der Waals surface area contributed by atoms with Crippen molar-refractivity contribution in [3.8, 4) is 0 Å². The van der Waals surface area contributed by atoms with E-state index >= 15 is 0 Å². The van der Waals surface area contributed by atoms with Crippen LogP contribution < -0.4 is 67.1 Å². The molecule has 0 atom stereocenters. The first-order valence-corrected chi connectivity index (χ1v) is 5.18. The number of hydrogen-bond acceptors (Lipinski definition) is 4. The van der Waals surface area contributed by atoms with Gasteiger partial charge in [-0.25, -0.2) is 0 Å². The Morgan fingerprint density at radius 3 is 1.53 bits per heavy atom. The van der Waals surface area contributed by atoms with Gasteiger partial charge in [-0.15, -0.1) is 25.3 Å². The Kier molecular flexibility index (Phi) is 22.7. The van der Waals surface area contributed by atoms with Crippen molar-refractivity contribution in [1.82, 2.24) is 10.6 Å². The molecule has 0 heterocycles. The van der Waals surface area contributed by atoms with Crippen LogP contribution in [0.3, 0.4) is 0 Å². The van der Waals surface area contributed by atoms with Gasteiger partial charge in [0.2, 0.25) is 0 Å². The molecule has 0 bridgehead atoms. The minimum absolute atomic E-state index is 0. The van der Waals surface area contributed by atoms with Crippen LogP contribution in [-0.2, 0) is 4.79 Å².